The van der Waals surface area contributed by atoms with Gasteiger partial charge in [-0.05, 0) is 36.5 Å². The van der Waals surface area contributed by atoms with E-state index in [9.17, 15) is 0 Å². The molecule has 0 spiro atoms. The predicted octanol–water partition coefficient (Wildman–Crippen LogP) is 4.79. The maximum absolute atomic E-state index is 6.17. The molecule has 2 heteroatoms. The zero-order chi connectivity index (χ0) is 13.9. The summed E-state index contributed by atoms with van der Waals surface area (Å²) in [4.78, 5) is 0. The third-order valence-corrected chi connectivity index (χ3v) is 4.58. The fourth-order valence-corrected chi connectivity index (χ4v) is 3.55. The highest BCUT2D eigenvalue weighted by atomic mass is 35.5. The summed E-state index contributed by atoms with van der Waals surface area (Å²) in [5.41, 5.74) is 1.73. The first-order valence-corrected chi connectivity index (χ1v) is 7.93. The smallest absolute Gasteiger partial charge is 0.0408 e. The highest BCUT2D eigenvalue weighted by molar-refractivity contribution is 6.30. The number of nitrogens with one attached hydrogen (secondary N) is 1. The average molecular weight is 280 g/mol. The Bertz CT molecular complexity index is 407. The van der Waals surface area contributed by atoms with Crippen LogP contribution in [0.15, 0.2) is 24.3 Å². The van der Waals surface area contributed by atoms with E-state index in [-0.39, 0.29) is 0 Å². The van der Waals surface area contributed by atoms with E-state index in [1.54, 1.807) is 0 Å². The van der Waals surface area contributed by atoms with Crippen molar-refractivity contribution in [3.05, 3.63) is 34.9 Å². The summed E-state index contributed by atoms with van der Waals surface area (Å²) >= 11 is 6.17. The molecule has 1 aliphatic rings. The van der Waals surface area contributed by atoms with Crippen LogP contribution in [-0.2, 0) is 5.41 Å². The minimum Gasteiger partial charge on any atom is -0.314 e. The number of halogens is 1. The van der Waals surface area contributed by atoms with Crippen molar-refractivity contribution in [2.24, 2.45) is 5.92 Å². The molecule has 1 aromatic carbocycles. The van der Waals surface area contributed by atoms with E-state index in [1.807, 2.05) is 6.07 Å². The SMILES string of the molecule is CCCC1CC(CNC(C)C)(c2cccc(Cl)c2)C1. The standard InChI is InChI=1S/C17H26ClN/c1-4-6-14-10-17(11-14,12-19-13(2)3)15-7-5-8-16(18)9-15/h5,7-9,13-14,19H,4,6,10-12H2,1-3H3. The van der Waals surface area contributed by atoms with Crippen LogP contribution >= 0.6 is 11.6 Å². The summed E-state index contributed by atoms with van der Waals surface area (Å²) in [7, 11) is 0. The highest BCUT2D eigenvalue weighted by Crippen LogP contribution is 2.49. The molecule has 1 aliphatic carbocycles. The third kappa shape index (κ3) is 3.52. The van der Waals surface area contributed by atoms with Crippen LogP contribution in [0.5, 0.6) is 0 Å². The molecule has 0 unspecified atom stereocenters. The molecule has 19 heavy (non-hydrogen) atoms. The van der Waals surface area contributed by atoms with Gasteiger partial charge < -0.3 is 5.32 Å². The zero-order valence-electron chi connectivity index (χ0n) is 12.4. The van der Waals surface area contributed by atoms with Crippen LogP contribution in [0.25, 0.3) is 0 Å². The minimum atomic E-state index is 0.314. The molecule has 1 N–H and O–H groups in total. The molecule has 0 amide bonds. The predicted molar refractivity (Wildman–Crippen MR) is 83.9 cm³/mol. The lowest BCUT2D eigenvalue weighted by Crippen LogP contribution is -2.49. The Balaban J connectivity index is 2.12. The van der Waals surface area contributed by atoms with E-state index in [2.05, 4.69) is 44.3 Å². The van der Waals surface area contributed by atoms with Gasteiger partial charge in [0, 0.05) is 23.0 Å². The maximum Gasteiger partial charge on any atom is 0.0408 e. The molecule has 106 valence electrons. The van der Waals surface area contributed by atoms with Gasteiger partial charge in [-0.15, -0.1) is 0 Å². The number of benzene rings is 1. The topological polar surface area (TPSA) is 12.0 Å². The van der Waals surface area contributed by atoms with Crippen molar-refractivity contribution in [3.8, 4) is 0 Å². The molecule has 1 aromatic rings. The largest absolute Gasteiger partial charge is 0.314 e. The molecule has 1 fully saturated rings. The van der Waals surface area contributed by atoms with Crippen molar-refractivity contribution in [1.82, 2.24) is 5.32 Å². The number of hydrogen-bond donors (Lipinski definition) is 1. The van der Waals surface area contributed by atoms with Crippen molar-refractivity contribution in [2.45, 2.75) is 57.9 Å². The Morgan fingerprint density at radius 3 is 2.68 bits per heavy atom. The van der Waals surface area contributed by atoms with Gasteiger partial charge in [0.2, 0.25) is 0 Å². The van der Waals surface area contributed by atoms with Gasteiger partial charge in [-0.1, -0.05) is 57.3 Å². The number of hydrogen-bond acceptors (Lipinski definition) is 1. The Morgan fingerprint density at radius 1 is 1.37 bits per heavy atom. The summed E-state index contributed by atoms with van der Waals surface area (Å²) in [6.07, 6.45) is 5.28. The van der Waals surface area contributed by atoms with Crippen LogP contribution in [0.3, 0.4) is 0 Å². The molecule has 0 heterocycles. The molecular formula is C17H26ClN. The van der Waals surface area contributed by atoms with Crippen LogP contribution in [0.4, 0.5) is 0 Å². The quantitative estimate of drug-likeness (QED) is 0.790. The van der Waals surface area contributed by atoms with Crippen LogP contribution in [0.1, 0.15) is 52.0 Å². The Labute approximate surface area is 122 Å². The molecule has 1 saturated carbocycles. The molecular weight excluding hydrogens is 254 g/mol. The monoisotopic (exact) mass is 279 g/mol. The van der Waals surface area contributed by atoms with Gasteiger partial charge in [0.15, 0.2) is 0 Å². The van der Waals surface area contributed by atoms with Crippen LogP contribution < -0.4 is 5.32 Å². The second kappa shape index (κ2) is 6.28. The van der Waals surface area contributed by atoms with Crippen LogP contribution in [0, 0.1) is 5.92 Å². The van der Waals surface area contributed by atoms with E-state index in [0.717, 1.165) is 17.5 Å². The minimum absolute atomic E-state index is 0.314. The lowest BCUT2D eigenvalue weighted by Gasteiger charge is -2.49. The van der Waals surface area contributed by atoms with Crippen molar-refractivity contribution < 1.29 is 0 Å². The lowest BCUT2D eigenvalue weighted by atomic mass is 9.57. The van der Waals surface area contributed by atoms with Gasteiger partial charge in [-0.3, -0.25) is 0 Å². The van der Waals surface area contributed by atoms with Crippen LogP contribution in [-0.4, -0.2) is 12.6 Å². The maximum atomic E-state index is 6.17. The van der Waals surface area contributed by atoms with Gasteiger partial charge >= 0.3 is 0 Å². The fraction of sp³-hybridized carbons (Fsp3) is 0.647. The van der Waals surface area contributed by atoms with Gasteiger partial charge in [0.05, 0.1) is 0 Å². The van der Waals surface area contributed by atoms with Gasteiger partial charge in [-0.25, -0.2) is 0 Å². The first-order chi connectivity index (χ1) is 9.05. The summed E-state index contributed by atoms with van der Waals surface area (Å²) in [5.74, 6) is 0.901. The van der Waals surface area contributed by atoms with E-state index in [4.69, 9.17) is 11.6 Å². The van der Waals surface area contributed by atoms with E-state index < -0.39 is 0 Å². The van der Waals surface area contributed by atoms with E-state index >= 15 is 0 Å². The Morgan fingerprint density at radius 2 is 2.11 bits per heavy atom. The molecule has 0 atom stereocenters. The Hall–Kier alpha value is -0.530. The summed E-state index contributed by atoms with van der Waals surface area (Å²) in [6.45, 7) is 7.79. The summed E-state index contributed by atoms with van der Waals surface area (Å²) < 4.78 is 0. The molecule has 0 radical (unpaired) electrons. The van der Waals surface area contributed by atoms with Crippen molar-refractivity contribution in [2.75, 3.05) is 6.54 Å². The molecule has 0 saturated heterocycles. The average Bonchev–Trinajstić information content (AvgIpc) is 2.31. The summed E-state index contributed by atoms with van der Waals surface area (Å²) in [6, 6.07) is 9.00. The number of rotatable bonds is 6. The lowest BCUT2D eigenvalue weighted by molar-refractivity contribution is 0.126. The van der Waals surface area contributed by atoms with E-state index in [1.165, 1.54) is 31.2 Å². The van der Waals surface area contributed by atoms with Crippen molar-refractivity contribution in [3.63, 3.8) is 0 Å². The molecule has 2 rings (SSSR count). The van der Waals surface area contributed by atoms with Gasteiger partial charge in [0.25, 0.3) is 0 Å². The summed E-state index contributed by atoms with van der Waals surface area (Å²) in [5, 5.41) is 4.49. The molecule has 0 bridgehead atoms. The Kier molecular flexibility index (Phi) is 4.92. The first-order valence-electron chi connectivity index (χ1n) is 7.55. The molecule has 0 aliphatic heterocycles. The molecule has 1 nitrogen and oxygen atoms in total. The van der Waals surface area contributed by atoms with E-state index in [0.29, 0.717) is 11.5 Å². The zero-order valence-corrected chi connectivity index (χ0v) is 13.1. The van der Waals surface area contributed by atoms with Crippen LogP contribution in [0.2, 0.25) is 5.02 Å². The first kappa shape index (κ1) is 14.9. The highest BCUT2D eigenvalue weighted by Gasteiger charge is 2.44. The van der Waals surface area contributed by atoms with Crippen molar-refractivity contribution in [1.29, 1.82) is 0 Å². The fourth-order valence-electron chi connectivity index (χ4n) is 3.36. The van der Waals surface area contributed by atoms with Crippen molar-refractivity contribution >= 4 is 11.6 Å². The molecule has 0 aromatic heterocycles. The second-order valence-electron chi connectivity index (χ2n) is 6.39. The third-order valence-electron chi connectivity index (χ3n) is 4.34. The second-order valence-corrected chi connectivity index (χ2v) is 6.83. The van der Waals surface area contributed by atoms with Gasteiger partial charge in [0.1, 0.15) is 0 Å². The van der Waals surface area contributed by atoms with Gasteiger partial charge in [-0.2, -0.15) is 0 Å². The normalized spacial score (nSPS) is 26.5.